The zero-order valence-corrected chi connectivity index (χ0v) is 18.2. The van der Waals surface area contributed by atoms with Gasteiger partial charge in [0.2, 0.25) is 5.91 Å². The van der Waals surface area contributed by atoms with Gasteiger partial charge in [-0.05, 0) is 48.1 Å². The highest BCUT2D eigenvalue weighted by Gasteiger charge is 2.28. The van der Waals surface area contributed by atoms with Crippen LogP contribution in [-0.4, -0.2) is 67.5 Å². The number of carbonyl (C=O) groups is 1. The maximum atomic E-state index is 13.0. The van der Waals surface area contributed by atoms with E-state index in [0.717, 1.165) is 57.7 Å². The Balaban J connectivity index is 1.27. The summed E-state index contributed by atoms with van der Waals surface area (Å²) in [4.78, 5) is 19.8. The highest BCUT2D eigenvalue weighted by Crippen LogP contribution is 2.33. The van der Waals surface area contributed by atoms with Crippen molar-refractivity contribution in [2.24, 2.45) is 0 Å². The number of hydrogen-bond acceptors (Lipinski definition) is 4. The Bertz CT molecular complexity index is 844. The molecule has 0 radical (unpaired) electrons. The van der Waals surface area contributed by atoms with Gasteiger partial charge in [0.25, 0.3) is 0 Å². The highest BCUT2D eigenvalue weighted by molar-refractivity contribution is 5.78. The molecule has 5 nitrogen and oxygen atoms in total. The number of benzene rings is 2. The van der Waals surface area contributed by atoms with Crippen molar-refractivity contribution in [1.82, 2.24) is 14.7 Å². The van der Waals surface area contributed by atoms with Crippen molar-refractivity contribution in [3.05, 3.63) is 65.2 Å². The monoisotopic (exact) mass is 407 g/mol. The van der Waals surface area contributed by atoms with Gasteiger partial charge in [-0.2, -0.15) is 0 Å². The summed E-state index contributed by atoms with van der Waals surface area (Å²) in [5.74, 6) is 1.13. The Morgan fingerprint density at radius 2 is 1.73 bits per heavy atom. The zero-order chi connectivity index (χ0) is 20.9. The lowest BCUT2D eigenvalue weighted by Crippen LogP contribution is -2.49. The van der Waals surface area contributed by atoms with Gasteiger partial charge in [-0.25, -0.2) is 0 Å². The fraction of sp³-hybridized carbons (Fsp3) is 0.480. The number of hydrogen-bond donors (Lipinski definition) is 0. The molecule has 1 fully saturated rings. The number of fused-ring (bicyclic) bond motifs is 1. The number of piperazine rings is 1. The van der Waals surface area contributed by atoms with E-state index < -0.39 is 0 Å². The number of carbonyl (C=O) groups excluding carboxylic acids is 1. The molecule has 1 aliphatic carbocycles. The van der Waals surface area contributed by atoms with E-state index in [1.54, 1.807) is 7.11 Å². The molecule has 2 aliphatic rings. The first-order chi connectivity index (χ1) is 14.6. The maximum Gasteiger partial charge on any atom is 0.237 e. The maximum absolute atomic E-state index is 13.0. The predicted molar refractivity (Wildman–Crippen MR) is 120 cm³/mol. The molecule has 5 heteroatoms. The number of ether oxygens (including phenoxy) is 1. The molecule has 0 spiro atoms. The van der Waals surface area contributed by atoms with Crippen molar-refractivity contribution in [3.63, 3.8) is 0 Å². The molecule has 1 amide bonds. The van der Waals surface area contributed by atoms with Crippen LogP contribution in [0.3, 0.4) is 0 Å². The minimum absolute atomic E-state index is 0.221. The highest BCUT2D eigenvalue weighted by atomic mass is 16.5. The van der Waals surface area contributed by atoms with E-state index in [9.17, 15) is 4.79 Å². The van der Waals surface area contributed by atoms with Gasteiger partial charge >= 0.3 is 0 Å². The van der Waals surface area contributed by atoms with Crippen LogP contribution in [0, 0.1) is 0 Å². The Kier molecular flexibility index (Phi) is 6.70. The van der Waals surface area contributed by atoms with Gasteiger partial charge in [0.1, 0.15) is 5.75 Å². The first-order valence-electron chi connectivity index (χ1n) is 11.0. The fourth-order valence-electron chi connectivity index (χ4n) is 4.70. The molecule has 4 rings (SSSR count). The van der Waals surface area contributed by atoms with Crippen LogP contribution in [0.25, 0.3) is 0 Å². The largest absolute Gasteiger partial charge is 0.497 e. The standard InChI is InChI=1S/C25H33N3O2/c1-26(24-9-5-7-21-6-3-4-8-23(21)24)25(29)19-28-16-14-27(15-17-28)18-20-10-12-22(30-2)13-11-20/h3-4,6,8,10-13,24H,5,7,9,14-19H2,1-2H3/t24-/m0/s1. The van der Waals surface area contributed by atoms with Crippen LogP contribution in [0.4, 0.5) is 0 Å². The summed E-state index contributed by atoms with van der Waals surface area (Å²) in [6.07, 6.45) is 3.35. The average Bonchev–Trinajstić information content (AvgIpc) is 2.80. The molecular formula is C25H33N3O2. The second kappa shape index (κ2) is 9.63. The lowest BCUT2D eigenvalue weighted by molar-refractivity contribution is -0.134. The number of nitrogens with zero attached hydrogens (tertiary/aromatic N) is 3. The summed E-state index contributed by atoms with van der Waals surface area (Å²) in [7, 11) is 3.68. The molecule has 1 saturated heterocycles. The van der Waals surface area contributed by atoms with Crippen LogP contribution in [0.1, 0.15) is 35.6 Å². The Morgan fingerprint density at radius 1 is 1.03 bits per heavy atom. The lowest BCUT2D eigenvalue weighted by atomic mass is 9.87. The van der Waals surface area contributed by atoms with E-state index in [1.165, 1.54) is 16.7 Å². The van der Waals surface area contributed by atoms with Gasteiger partial charge in [0, 0.05) is 39.8 Å². The molecule has 0 unspecified atom stereocenters. The molecule has 30 heavy (non-hydrogen) atoms. The molecule has 160 valence electrons. The van der Waals surface area contributed by atoms with Crippen molar-refractivity contribution in [3.8, 4) is 5.75 Å². The lowest BCUT2D eigenvalue weighted by Gasteiger charge is -2.37. The summed E-state index contributed by atoms with van der Waals surface area (Å²) >= 11 is 0. The van der Waals surface area contributed by atoms with E-state index in [0.29, 0.717) is 6.54 Å². The van der Waals surface area contributed by atoms with Crippen molar-refractivity contribution in [2.75, 3.05) is 46.9 Å². The molecule has 0 N–H and O–H groups in total. The Hall–Kier alpha value is -2.37. The van der Waals surface area contributed by atoms with Gasteiger partial charge in [-0.3, -0.25) is 14.6 Å². The molecule has 0 aromatic heterocycles. The topological polar surface area (TPSA) is 36.0 Å². The smallest absolute Gasteiger partial charge is 0.237 e. The average molecular weight is 408 g/mol. The molecule has 1 aliphatic heterocycles. The van der Waals surface area contributed by atoms with Crippen molar-refractivity contribution in [1.29, 1.82) is 0 Å². The van der Waals surface area contributed by atoms with Crippen LogP contribution in [0.2, 0.25) is 0 Å². The number of amides is 1. The summed E-state index contributed by atoms with van der Waals surface area (Å²) in [5.41, 5.74) is 4.04. The summed E-state index contributed by atoms with van der Waals surface area (Å²) in [6.45, 7) is 5.34. The second-order valence-electron chi connectivity index (χ2n) is 8.51. The van der Waals surface area contributed by atoms with E-state index in [1.807, 2.05) is 24.1 Å². The quantitative estimate of drug-likeness (QED) is 0.736. The molecule has 2 aromatic rings. The predicted octanol–water partition coefficient (Wildman–Crippen LogP) is 3.35. The minimum atomic E-state index is 0.221. The number of aryl methyl sites for hydroxylation is 1. The van der Waals surface area contributed by atoms with Crippen LogP contribution in [0.5, 0.6) is 5.75 Å². The first-order valence-corrected chi connectivity index (χ1v) is 11.0. The van der Waals surface area contributed by atoms with Crippen LogP contribution >= 0.6 is 0 Å². The third kappa shape index (κ3) is 4.85. The van der Waals surface area contributed by atoms with Gasteiger partial charge in [-0.1, -0.05) is 36.4 Å². The van der Waals surface area contributed by atoms with Crippen LogP contribution in [0.15, 0.2) is 48.5 Å². The molecule has 2 aromatic carbocycles. The molecule has 0 bridgehead atoms. The molecule has 1 atom stereocenters. The van der Waals surface area contributed by atoms with E-state index in [4.69, 9.17) is 4.74 Å². The molecular weight excluding hydrogens is 374 g/mol. The van der Waals surface area contributed by atoms with E-state index in [2.05, 4.69) is 46.2 Å². The zero-order valence-electron chi connectivity index (χ0n) is 18.2. The Labute approximate surface area is 180 Å². The number of methoxy groups -OCH3 is 1. The van der Waals surface area contributed by atoms with E-state index >= 15 is 0 Å². The van der Waals surface area contributed by atoms with Crippen LogP contribution < -0.4 is 4.74 Å². The summed E-state index contributed by atoms with van der Waals surface area (Å²) in [6, 6.07) is 17.1. The van der Waals surface area contributed by atoms with Crippen molar-refractivity contribution >= 4 is 5.91 Å². The SMILES string of the molecule is COc1ccc(CN2CCN(CC(=O)N(C)[C@H]3CCCc4ccccc43)CC2)cc1. The van der Waals surface area contributed by atoms with E-state index in [-0.39, 0.29) is 11.9 Å². The van der Waals surface area contributed by atoms with Crippen LogP contribution in [-0.2, 0) is 17.8 Å². The molecule has 1 heterocycles. The Morgan fingerprint density at radius 3 is 2.47 bits per heavy atom. The van der Waals surface area contributed by atoms with Gasteiger partial charge in [-0.15, -0.1) is 0 Å². The fourth-order valence-corrected chi connectivity index (χ4v) is 4.70. The molecule has 0 saturated carbocycles. The van der Waals surface area contributed by atoms with Crippen molar-refractivity contribution in [2.45, 2.75) is 31.8 Å². The normalized spacial score (nSPS) is 19.9. The second-order valence-corrected chi connectivity index (χ2v) is 8.51. The summed E-state index contributed by atoms with van der Waals surface area (Å²) in [5, 5.41) is 0. The number of likely N-dealkylation sites (N-methyl/N-ethyl adjacent to an activating group) is 1. The third-order valence-electron chi connectivity index (χ3n) is 6.59. The third-order valence-corrected chi connectivity index (χ3v) is 6.59. The summed E-state index contributed by atoms with van der Waals surface area (Å²) < 4.78 is 5.24. The minimum Gasteiger partial charge on any atom is -0.497 e. The first kappa shape index (κ1) is 20.9. The van der Waals surface area contributed by atoms with Gasteiger partial charge < -0.3 is 9.64 Å². The van der Waals surface area contributed by atoms with Gasteiger partial charge in [0.15, 0.2) is 0 Å². The van der Waals surface area contributed by atoms with Gasteiger partial charge in [0.05, 0.1) is 19.7 Å². The number of rotatable bonds is 6. The van der Waals surface area contributed by atoms with Crippen molar-refractivity contribution < 1.29 is 9.53 Å².